The van der Waals surface area contributed by atoms with Gasteiger partial charge in [-0.3, -0.25) is 4.79 Å². The molecule has 3 aromatic rings. The predicted molar refractivity (Wildman–Crippen MR) is 122 cm³/mol. The third kappa shape index (κ3) is 4.80. The molecule has 34 heavy (non-hydrogen) atoms. The second-order valence-corrected chi connectivity index (χ2v) is 10.4. The van der Waals surface area contributed by atoms with Gasteiger partial charge in [0, 0.05) is 31.7 Å². The van der Waals surface area contributed by atoms with Crippen LogP contribution in [0.5, 0.6) is 0 Å². The number of aromatic nitrogens is 2. The number of sulfonamides is 1. The zero-order valence-electron chi connectivity index (χ0n) is 18.8. The van der Waals surface area contributed by atoms with Gasteiger partial charge in [-0.1, -0.05) is 6.07 Å². The number of aryl methyl sites for hydroxylation is 3. The number of anilines is 1. The number of hydrogen-bond donors (Lipinski definition) is 1. The first-order valence-corrected chi connectivity index (χ1v) is 12.4. The largest absolute Gasteiger partial charge is 0.449 e. The van der Waals surface area contributed by atoms with Gasteiger partial charge >= 0.3 is 6.18 Å². The molecule has 1 aromatic heterocycles. The van der Waals surface area contributed by atoms with E-state index in [0.29, 0.717) is 18.8 Å². The maximum Gasteiger partial charge on any atom is 0.449 e. The van der Waals surface area contributed by atoms with Crippen molar-refractivity contribution >= 4 is 32.7 Å². The highest BCUT2D eigenvalue weighted by Crippen LogP contribution is 2.33. The molecule has 1 fully saturated rings. The summed E-state index contributed by atoms with van der Waals surface area (Å²) >= 11 is 0. The van der Waals surface area contributed by atoms with E-state index in [1.807, 2.05) is 19.9 Å². The van der Waals surface area contributed by atoms with Crippen molar-refractivity contribution in [2.45, 2.75) is 50.7 Å². The first-order valence-electron chi connectivity index (χ1n) is 10.9. The van der Waals surface area contributed by atoms with Crippen LogP contribution in [0.2, 0.25) is 0 Å². The summed E-state index contributed by atoms with van der Waals surface area (Å²) in [5.74, 6) is -1.61. The molecular weight excluding hydrogens is 469 g/mol. The quantitative estimate of drug-likeness (QED) is 0.548. The van der Waals surface area contributed by atoms with Crippen molar-refractivity contribution in [1.29, 1.82) is 0 Å². The molecule has 2 aromatic carbocycles. The predicted octanol–water partition coefficient (Wildman–Crippen LogP) is 4.49. The lowest BCUT2D eigenvalue weighted by Gasteiger charge is -2.15. The second kappa shape index (κ2) is 9.03. The number of amides is 1. The molecule has 1 saturated heterocycles. The molecule has 4 rings (SSSR count). The van der Waals surface area contributed by atoms with E-state index >= 15 is 0 Å². The maximum absolute atomic E-state index is 13.7. The molecule has 1 amide bonds. The Bertz CT molecular complexity index is 1340. The van der Waals surface area contributed by atoms with Crippen molar-refractivity contribution in [3.05, 3.63) is 53.3 Å². The Balaban J connectivity index is 1.60. The van der Waals surface area contributed by atoms with Gasteiger partial charge in [-0.2, -0.15) is 17.5 Å². The Kier molecular flexibility index (Phi) is 6.43. The smallest absolute Gasteiger partial charge is 0.326 e. The van der Waals surface area contributed by atoms with Crippen LogP contribution in [0, 0.1) is 13.8 Å². The van der Waals surface area contributed by atoms with E-state index in [9.17, 15) is 26.4 Å². The number of halogens is 3. The van der Waals surface area contributed by atoms with Gasteiger partial charge < -0.3 is 9.88 Å². The molecule has 1 N–H and O–H groups in total. The van der Waals surface area contributed by atoms with E-state index in [-0.39, 0.29) is 28.9 Å². The first kappa shape index (κ1) is 24.2. The fourth-order valence-electron chi connectivity index (χ4n) is 4.05. The summed E-state index contributed by atoms with van der Waals surface area (Å²) in [5.41, 5.74) is 2.64. The molecule has 182 valence electrons. The first-order chi connectivity index (χ1) is 16.0. The molecule has 0 unspecified atom stereocenters. The van der Waals surface area contributed by atoms with E-state index in [2.05, 4.69) is 10.3 Å². The number of rotatable bonds is 6. The number of imidazole rings is 1. The normalized spacial score (nSPS) is 15.2. The minimum absolute atomic E-state index is 0.0813. The summed E-state index contributed by atoms with van der Waals surface area (Å²) in [6, 6.07) is 9.17. The van der Waals surface area contributed by atoms with Crippen LogP contribution in [0.1, 0.15) is 36.2 Å². The van der Waals surface area contributed by atoms with Crippen LogP contribution in [-0.2, 0) is 27.5 Å². The van der Waals surface area contributed by atoms with Crippen molar-refractivity contribution in [2.75, 3.05) is 18.4 Å². The molecule has 7 nitrogen and oxygen atoms in total. The van der Waals surface area contributed by atoms with Crippen LogP contribution < -0.4 is 5.32 Å². The zero-order chi connectivity index (χ0) is 24.7. The molecule has 1 aliphatic heterocycles. The van der Waals surface area contributed by atoms with Gasteiger partial charge in [0.15, 0.2) is 0 Å². The number of nitrogens with zero attached hydrogens (tertiary/aromatic N) is 3. The summed E-state index contributed by atoms with van der Waals surface area (Å²) in [6.07, 6.45) is -3.48. The Morgan fingerprint density at radius 1 is 1.06 bits per heavy atom. The standard InChI is InChI=1S/C23H25F3N4O3S/c1-15-5-6-17(13-16(15)2)27-21(31)9-12-30-20-8-7-18(34(32,33)29-10-3-4-11-29)14-19(20)28-22(30)23(24,25)26/h5-8,13-14H,3-4,9-12H2,1-2H3,(H,27,31). The minimum Gasteiger partial charge on any atom is -0.326 e. The molecule has 0 saturated carbocycles. The van der Waals surface area contributed by atoms with Crippen molar-refractivity contribution < 1.29 is 26.4 Å². The lowest BCUT2D eigenvalue weighted by atomic mass is 10.1. The lowest BCUT2D eigenvalue weighted by Crippen LogP contribution is -2.27. The van der Waals surface area contributed by atoms with Crippen molar-refractivity contribution in [2.24, 2.45) is 0 Å². The highest BCUT2D eigenvalue weighted by atomic mass is 32.2. The molecule has 0 atom stereocenters. The van der Waals surface area contributed by atoms with Crippen LogP contribution >= 0.6 is 0 Å². The highest BCUT2D eigenvalue weighted by Gasteiger charge is 2.38. The molecular formula is C23H25F3N4O3S. The molecule has 2 heterocycles. The Hall–Kier alpha value is -2.92. The van der Waals surface area contributed by atoms with Crippen molar-refractivity contribution in [3.8, 4) is 0 Å². The monoisotopic (exact) mass is 494 g/mol. The number of benzene rings is 2. The Morgan fingerprint density at radius 3 is 2.41 bits per heavy atom. The summed E-state index contributed by atoms with van der Waals surface area (Å²) in [5, 5.41) is 2.70. The fraction of sp³-hybridized carbons (Fsp3) is 0.391. The molecule has 1 aliphatic rings. The Labute approximate surface area is 195 Å². The number of hydrogen-bond acceptors (Lipinski definition) is 4. The average Bonchev–Trinajstić information content (AvgIpc) is 3.43. The summed E-state index contributed by atoms with van der Waals surface area (Å²) in [6.45, 7) is 4.35. The van der Waals surface area contributed by atoms with Crippen molar-refractivity contribution in [1.82, 2.24) is 13.9 Å². The second-order valence-electron chi connectivity index (χ2n) is 8.44. The number of carbonyl (C=O) groups is 1. The molecule has 0 spiro atoms. The van der Waals surface area contributed by atoms with Crippen LogP contribution in [0.25, 0.3) is 11.0 Å². The molecule has 0 aliphatic carbocycles. The minimum atomic E-state index is -4.77. The topological polar surface area (TPSA) is 84.3 Å². The molecule has 0 bridgehead atoms. The van der Waals surface area contributed by atoms with E-state index in [4.69, 9.17) is 0 Å². The lowest BCUT2D eigenvalue weighted by molar-refractivity contribution is -0.147. The zero-order valence-corrected chi connectivity index (χ0v) is 19.6. The van der Waals surface area contributed by atoms with Gasteiger partial charge in [0.2, 0.25) is 21.8 Å². The van der Waals surface area contributed by atoms with Gasteiger partial charge in [-0.05, 0) is 68.1 Å². The van der Waals surface area contributed by atoms with Gasteiger partial charge in [0.05, 0.1) is 15.9 Å². The third-order valence-electron chi connectivity index (χ3n) is 6.03. The van der Waals surface area contributed by atoms with Crippen LogP contribution in [0.15, 0.2) is 41.3 Å². The third-order valence-corrected chi connectivity index (χ3v) is 7.92. The maximum atomic E-state index is 13.7. The number of alkyl halides is 3. The number of fused-ring (bicyclic) bond motifs is 1. The number of carbonyl (C=O) groups excluding carboxylic acids is 1. The van der Waals surface area contributed by atoms with E-state index < -0.39 is 27.9 Å². The van der Waals surface area contributed by atoms with Crippen LogP contribution in [-0.4, -0.2) is 41.3 Å². The molecule has 0 radical (unpaired) electrons. The SMILES string of the molecule is Cc1ccc(NC(=O)CCn2c(C(F)(F)F)nc3cc(S(=O)(=O)N4CCCC4)ccc32)cc1C. The van der Waals surface area contributed by atoms with Crippen molar-refractivity contribution in [3.63, 3.8) is 0 Å². The highest BCUT2D eigenvalue weighted by molar-refractivity contribution is 7.89. The summed E-state index contributed by atoms with van der Waals surface area (Å²) in [7, 11) is -3.80. The van der Waals surface area contributed by atoms with E-state index in [0.717, 1.165) is 28.5 Å². The summed E-state index contributed by atoms with van der Waals surface area (Å²) in [4.78, 5) is 16.0. The Morgan fingerprint density at radius 2 is 1.76 bits per heavy atom. The average molecular weight is 495 g/mol. The van der Waals surface area contributed by atoms with Gasteiger partial charge in [-0.15, -0.1) is 0 Å². The number of nitrogens with one attached hydrogen (secondary N) is 1. The fourth-order valence-corrected chi connectivity index (χ4v) is 5.58. The van der Waals surface area contributed by atoms with Gasteiger partial charge in [0.1, 0.15) is 0 Å². The van der Waals surface area contributed by atoms with E-state index in [1.165, 1.54) is 22.5 Å². The molecule has 11 heteroatoms. The summed E-state index contributed by atoms with van der Waals surface area (Å²) < 4.78 is 69.0. The van der Waals surface area contributed by atoms with Crippen LogP contribution in [0.4, 0.5) is 18.9 Å². The van der Waals surface area contributed by atoms with Gasteiger partial charge in [-0.25, -0.2) is 13.4 Å². The van der Waals surface area contributed by atoms with E-state index in [1.54, 1.807) is 12.1 Å². The van der Waals surface area contributed by atoms with Crippen LogP contribution in [0.3, 0.4) is 0 Å². The van der Waals surface area contributed by atoms with Gasteiger partial charge in [0.25, 0.3) is 0 Å².